The number of para-hydroxylation sites is 2. The number of aliphatic imine (C=N–C) groups is 1. The number of guanidine groups is 1. The summed E-state index contributed by atoms with van der Waals surface area (Å²) in [5.41, 5.74) is 2.85. The number of nitrogens with one attached hydrogen (secondary N) is 2. The van der Waals surface area contributed by atoms with Gasteiger partial charge in [-0.05, 0) is 59.7 Å². The zero-order valence-electron chi connectivity index (χ0n) is 20.3. The molecule has 1 aromatic heterocycles. The van der Waals surface area contributed by atoms with Crippen molar-refractivity contribution in [2.24, 2.45) is 4.99 Å². The van der Waals surface area contributed by atoms with E-state index in [2.05, 4.69) is 20.6 Å². The second-order valence-corrected chi connectivity index (χ2v) is 7.73. The Bertz CT molecular complexity index is 1390. The lowest BCUT2D eigenvalue weighted by Gasteiger charge is -2.09. The first kappa shape index (κ1) is 25.2. The molecule has 0 saturated heterocycles. The smallest absolute Gasteiger partial charge is 0.302 e. The van der Waals surface area contributed by atoms with Gasteiger partial charge in [-0.3, -0.25) is 15.4 Å². The molecule has 0 spiro atoms. The summed E-state index contributed by atoms with van der Waals surface area (Å²) in [5.74, 6) is 0.938. The Kier molecular flexibility index (Phi) is 8.30. The summed E-state index contributed by atoms with van der Waals surface area (Å²) in [4.78, 5) is 21.1. The number of benzene rings is 3. The van der Waals surface area contributed by atoms with Gasteiger partial charge in [0.2, 0.25) is 5.96 Å². The number of methoxy groups -OCH3 is 2. The number of aromatic nitrogens is 1. The van der Waals surface area contributed by atoms with E-state index in [1.807, 2.05) is 48.5 Å². The highest BCUT2D eigenvalue weighted by Crippen LogP contribution is 2.18. The fourth-order valence-corrected chi connectivity index (χ4v) is 3.26. The number of nitrogens with zero attached hydrogens (tertiary/aromatic N) is 2. The van der Waals surface area contributed by atoms with E-state index < -0.39 is 12.1 Å². The molecule has 1 amide bonds. The highest BCUT2D eigenvalue weighted by atomic mass is 16.5. The number of aliphatic hydroxyl groups is 1. The molecule has 1 atom stereocenters. The predicted octanol–water partition coefficient (Wildman–Crippen LogP) is 4.47. The van der Waals surface area contributed by atoms with E-state index in [9.17, 15) is 9.90 Å². The highest BCUT2D eigenvalue weighted by molar-refractivity contribution is 6.08. The first-order valence-electron chi connectivity index (χ1n) is 11.4. The van der Waals surface area contributed by atoms with Gasteiger partial charge < -0.3 is 19.0 Å². The van der Waals surface area contributed by atoms with Crippen LogP contribution >= 0.6 is 0 Å². The van der Waals surface area contributed by atoms with Crippen molar-refractivity contribution in [2.45, 2.75) is 6.23 Å². The van der Waals surface area contributed by atoms with Crippen molar-refractivity contribution >= 4 is 41.1 Å². The maximum absolute atomic E-state index is 12.6. The monoisotopic (exact) mass is 498 g/mol. The standard InChI is InChI=1S/C28H26N4O5/c1-35-21-13-7-19(8-14-21)11-17-25(33)30-27(32-28-29-23-5-3-4-6-24(23)37-28)31-26(34)18-12-20-9-15-22(36-2)16-10-20/h3-18,25,33H,1-2H3,(H2,29,30,31,32,34)/b17-11+,18-12+. The second kappa shape index (κ2) is 12.2. The van der Waals surface area contributed by atoms with Crippen LogP contribution in [0, 0.1) is 0 Å². The first-order chi connectivity index (χ1) is 18.0. The second-order valence-electron chi connectivity index (χ2n) is 7.73. The number of anilines is 1. The van der Waals surface area contributed by atoms with E-state index in [4.69, 9.17) is 13.9 Å². The van der Waals surface area contributed by atoms with Crippen LogP contribution in [0.3, 0.4) is 0 Å². The maximum Gasteiger partial charge on any atom is 0.302 e. The van der Waals surface area contributed by atoms with Crippen LogP contribution in [-0.4, -0.2) is 42.4 Å². The molecule has 9 heteroatoms. The van der Waals surface area contributed by atoms with Gasteiger partial charge in [-0.15, -0.1) is 0 Å². The van der Waals surface area contributed by atoms with Crippen molar-refractivity contribution in [3.8, 4) is 11.5 Å². The number of fused-ring (bicyclic) bond motifs is 1. The predicted molar refractivity (Wildman–Crippen MR) is 143 cm³/mol. The van der Waals surface area contributed by atoms with Gasteiger partial charge in [0, 0.05) is 6.08 Å². The third-order valence-corrected chi connectivity index (χ3v) is 5.14. The molecule has 188 valence electrons. The van der Waals surface area contributed by atoms with Crippen LogP contribution in [0.4, 0.5) is 6.01 Å². The third kappa shape index (κ3) is 7.30. The molecule has 0 saturated carbocycles. The van der Waals surface area contributed by atoms with Crippen LogP contribution in [0.1, 0.15) is 11.1 Å². The van der Waals surface area contributed by atoms with Crippen LogP contribution in [0.5, 0.6) is 11.5 Å². The normalized spacial score (nSPS) is 12.7. The molecular weight excluding hydrogens is 472 g/mol. The Hall–Kier alpha value is -4.89. The Morgan fingerprint density at radius 2 is 1.57 bits per heavy atom. The van der Waals surface area contributed by atoms with Crippen molar-refractivity contribution in [1.82, 2.24) is 10.3 Å². The third-order valence-electron chi connectivity index (χ3n) is 5.14. The molecule has 1 unspecified atom stereocenters. The molecular formula is C28H26N4O5. The maximum atomic E-state index is 12.6. The SMILES string of the molecule is COc1ccc(/C=C/C(=O)N/C(=N/C(O)/C=C/c2ccc(OC)cc2)Nc2nc3ccccc3o2)cc1. The van der Waals surface area contributed by atoms with Gasteiger partial charge in [-0.1, -0.05) is 42.5 Å². The van der Waals surface area contributed by atoms with E-state index in [-0.39, 0.29) is 12.0 Å². The summed E-state index contributed by atoms with van der Waals surface area (Å²) in [6.07, 6.45) is 4.92. The van der Waals surface area contributed by atoms with Gasteiger partial charge in [-0.25, -0.2) is 4.99 Å². The number of hydrogen-bond acceptors (Lipinski definition) is 7. The number of carbonyl (C=O) groups excluding carboxylic acids is 1. The summed E-state index contributed by atoms with van der Waals surface area (Å²) in [5, 5.41) is 16.0. The van der Waals surface area contributed by atoms with Crippen LogP contribution in [0.2, 0.25) is 0 Å². The molecule has 0 aliphatic rings. The van der Waals surface area contributed by atoms with Crippen molar-refractivity contribution in [3.05, 3.63) is 96.1 Å². The number of oxazole rings is 1. The van der Waals surface area contributed by atoms with Crippen LogP contribution in [0.25, 0.3) is 23.3 Å². The fraction of sp³-hybridized carbons (Fsp3) is 0.107. The highest BCUT2D eigenvalue weighted by Gasteiger charge is 2.11. The van der Waals surface area contributed by atoms with Crippen LogP contribution < -0.4 is 20.1 Å². The molecule has 0 bridgehead atoms. The van der Waals surface area contributed by atoms with Gasteiger partial charge in [0.05, 0.1) is 14.2 Å². The minimum atomic E-state index is -1.26. The molecule has 0 aliphatic heterocycles. The van der Waals surface area contributed by atoms with E-state index in [0.29, 0.717) is 11.1 Å². The summed E-state index contributed by atoms with van der Waals surface area (Å²) in [7, 11) is 3.18. The molecule has 4 rings (SSSR count). The minimum Gasteiger partial charge on any atom is -0.497 e. The van der Waals surface area contributed by atoms with E-state index in [1.165, 1.54) is 12.2 Å². The molecule has 3 aromatic carbocycles. The number of aliphatic hydroxyl groups excluding tert-OH is 1. The van der Waals surface area contributed by atoms with Gasteiger partial charge in [-0.2, -0.15) is 4.98 Å². The van der Waals surface area contributed by atoms with Gasteiger partial charge in [0.1, 0.15) is 17.0 Å². The zero-order chi connectivity index (χ0) is 26.0. The largest absolute Gasteiger partial charge is 0.497 e. The number of ether oxygens (including phenoxy) is 2. The first-order valence-corrected chi connectivity index (χ1v) is 11.4. The molecule has 1 heterocycles. The molecule has 0 aliphatic carbocycles. The van der Waals surface area contributed by atoms with Crippen molar-refractivity contribution in [1.29, 1.82) is 0 Å². The van der Waals surface area contributed by atoms with E-state index >= 15 is 0 Å². The van der Waals surface area contributed by atoms with E-state index in [1.54, 1.807) is 50.6 Å². The Morgan fingerprint density at radius 1 is 0.946 bits per heavy atom. The van der Waals surface area contributed by atoms with Crippen molar-refractivity contribution in [3.63, 3.8) is 0 Å². The molecule has 3 N–H and O–H groups in total. The van der Waals surface area contributed by atoms with Crippen LogP contribution in [-0.2, 0) is 4.79 Å². The van der Waals surface area contributed by atoms with Gasteiger partial charge in [0.15, 0.2) is 11.8 Å². The summed E-state index contributed by atoms with van der Waals surface area (Å²) < 4.78 is 16.0. The molecule has 0 fully saturated rings. The number of hydrogen-bond donors (Lipinski definition) is 3. The lowest BCUT2D eigenvalue weighted by Crippen LogP contribution is -2.36. The molecule has 0 radical (unpaired) electrons. The van der Waals surface area contributed by atoms with Crippen LogP contribution in [0.15, 0.2) is 94.4 Å². The van der Waals surface area contributed by atoms with Gasteiger partial charge >= 0.3 is 6.01 Å². The summed E-state index contributed by atoms with van der Waals surface area (Å²) >= 11 is 0. The van der Waals surface area contributed by atoms with Gasteiger partial charge in [0.25, 0.3) is 5.91 Å². The topological polar surface area (TPSA) is 118 Å². The van der Waals surface area contributed by atoms with E-state index in [0.717, 1.165) is 22.6 Å². The number of amides is 1. The summed E-state index contributed by atoms with van der Waals surface area (Å²) in [6, 6.07) is 21.9. The Labute approximate surface area is 213 Å². The lowest BCUT2D eigenvalue weighted by atomic mass is 10.2. The average Bonchev–Trinajstić information content (AvgIpc) is 3.33. The summed E-state index contributed by atoms with van der Waals surface area (Å²) in [6.45, 7) is 0. The minimum absolute atomic E-state index is 0.0391. The quantitative estimate of drug-likeness (QED) is 0.186. The Morgan fingerprint density at radius 3 is 2.19 bits per heavy atom. The van der Waals surface area contributed by atoms with Crippen molar-refractivity contribution in [2.75, 3.05) is 19.5 Å². The number of rotatable bonds is 8. The van der Waals surface area contributed by atoms with Crippen molar-refractivity contribution < 1.29 is 23.8 Å². The molecule has 4 aromatic rings. The lowest BCUT2D eigenvalue weighted by molar-refractivity contribution is -0.115. The molecule has 9 nitrogen and oxygen atoms in total. The molecule has 37 heavy (non-hydrogen) atoms. The number of carbonyl (C=O) groups is 1. The average molecular weight is 499 g/mol. The Balaban J connectivity index is 1.50. The fourth-order valence-electron chi connectivity index (χ4n) is 3.26. The zero-order valence-corrected chi connectivity index (χ0v) is 20.3.